The third-order valence-electron chi connectivity index (χ3n) is 12.8. The second kappa shape index (κ2) is 24.0. The van der Waals surface area contributed by atoms with Crippen LogP contribution in [-0.4, -0.2) is 124 Å². The lowest BCUT2D eigenvalue weighted by molar-refractivity contribution is -0.144. The van der Waals surface area contributed by atoms with Crippen LogP contribution in [0.4, 0.5) is 5.69 Å². The van der Waals surface area contributed by atoms with Crippen molar-refractivity contribution in [1.29, 1.82) is 0 Å². The Labute approximate surface area is 431 Å². The molecule has 5 aromatic rings. The summed E-state index contributed by atoms with van der Waals surface area (Å²) in [6, 6.07) is 23.2. The van der Waals surface area contributed by atoms with E-state index in [-0.39, 0.29) is 54.6 Å². The molecule has 17 nitrogen and oxygen atoms in total. The zero-order valence-electron chi connectivity index (χ0n) is 41.3. The summed E-state index contributed by atoms with van der Waals surface area (Å²) in [5.74, 6) is -1.51. The van der Waals surface area contributed by atoms with Gasteiger partial charge in [-0.05, 0) is 103 Å². The number of aliphatic hydroxyl groups excluding tert-OH is 1. The Morgan fingerprint density at radius 1 is 0.917 bits per heavy atom. The van der Waals surface area contributed by atoms with Crippen LogP contribution in [-0.2, 0) is 37.5 Å². The molecule has 0 spiro atoms. The number of aryl methyl sites for hydroxylation is 1. The fourth-order valence-electron chi connectivity index (χ4n) is 8.72. The first-order valence-corrected chi connectivity index (χ1v) is 26.8. The monoisotopic (exact) mass is 1040 g/mol. The highest BCUT2D eigenvalue weighted by Gasteiger charge is 2.44. The largest absolute Gasteiger partial charge is 0.391 e. The van der Waals surface area contributed by atoms with Crippen LogP contribution in [0.5, 0.6) is 0 Å². The average Bonchev–Trinajstić information content (AvgIpc) is 3.99. The molecule has 2 fully saturated rings. The Kier molecular flexibility index (Phi) is 17.9. The van der Waals surface area contributed by atoms with Gasteiger partial charge in [-0.3, -0.25) is 29.1 Å². The van der Waals surface area contributed by atoms with Gasteiger partial charge in [-0.2, -0.15) is 4.31 Å². The number of likely N-dealkylation sites (tertiary alicyclic amines) is 1. The lowest BCUT2D eigenvalue weighted by Crippen LogP contribution is -2.57. The molecule has 382 valence electrons. The Morgan fingerprint density at radius 2 is 1.64 bits per heavy atom. The molecule has 20 heteroatoms. The van der Waals surface area contributed by atoms with Gasteiger partial charge in [-0.15, -0.1) is 11.3 Å². The average molecular weight is 1040 g/mol. The van der Waals surface area contributed by atoms with Gasteiger partial charge in [-0.25, -0.2) is 13.4 Å². The van der Waals surface area contributed by atoms with E-state index in [9.17, 15) is 32.7 Å². The highest BCUT2D eigenvalue weighted by molar-refractivity contribution is 7.89. The molecule has 4 heterocycles. The molecule has 2 aliphatic rings. The lowest BCUT2D eigenvalue weighted by atomic mass is 9.85. The number of rotatable bonds is 18. The summed E-state index contributed by atoms with van der Waals surface area (Å²) in [6.45, 7) is 12.2. The number of hydrogen-bond acceptors (Lipinski definition) is 12. The number of amides is 4. The topological polar surface area (TPSA) is 218 Å². The van der Waals surface area contributed by atoms with Crippen LogP contribution in [0.2, 0.25) is 0 Å². The Balaban J connectivity index is 0.833. The number of pyridine rings is 1. The quantitative estimate of drug-likeness (QED) is 0.0480. The summed E-state index contributed by atoms with van der Waals surface area (Å²) in [5, 5.41) is 26.1. The molecule has 7 rings (SSSR count). The Morgan fingerprint density at radius 3 is 2.31 bits per heavy atom. The van der Waals surface area contributed by atoms with Crippen LogP contribution in [0.3, 0.4) is 0 Å². The van der Waals surface area contributed by atoms with Gasteiger partial charge in [0.1, 0.15) is 12.1 Å². The number of nitrogens with one attached hydrogen (secondary N) is 5. The molecule has 2 aromatic heterocycles. The molecule has 72 heavy (non-hydrogen) atoms. The van der Waals surface area contributed by atoms with Crippen LogP contribution in [0.15, 0.2) is 108 Å². The summed E-state index contributed by atoms with van der Waals surface area (Å²) in [5.41, 5.74) is 6.96. The number of benzene rings is 3. The van der Waals surface area contributed by atoms with Crippen molar-refractivity contribution < 1.29 is 32.7 Å². The van der Waals surface area contributed by atoms with Gasteiger partial charge in [0, 0.05) is 88.8 Å². The number of sulfonamides is 1. The zero-order valence-corrected chi connectivity index (χ0v) is 43.7. The van der Waals surface area contributed by atoms with E-state index in [1.165, 1.54) is 9.21 Å². The molecule has 0 aliphatic carbocycles. The van der Waals surface area contributed by atoms with Crippen LogP contribution in [0.1, 0.15) is 85.7 Å². The number of anilines is 1. The van der Waals surface area contributed by atoms with Gasteiger partial charge in [0.05, 0.1) is 33.1 Å². The molecular weight excluding hydrogens is 973 g/mol. The van der Waals surface area contributed by atoms with E-state index in [2.05, 4.69) is 41.5 Å². The number of β-amino-alcohol motifs (C(OH)–C–C–N with tert-alkyl or cyclic N) is 1. The maximum Gasteiger partial charge on any atom is 0.251 e. The molecule has 0 radical (unpaired) electrons. The number of thiazole rings is 1. The van der Waals surface area contributed by atoms with Gasteiger partial charge in [0.15, 0.2) is 5.11 Å². The third-order valence-corrected chi connectivity index (χ3v) is 15.9. The second-order valence-corrected chi connectivity index (χ2v) is 22.5. The molecule has 4 amide bonds. The van der Waals surface area contributed by atoms with E-state index < -0.39 is 39.5 Å². The fraction of sp³-hybridized carbons (Fsp3) is 0.404. The van der Waals surface area contributed by atoms with E-state index in [0.29, 0.717) is 62.1 Å². The van der Waals surface area contributed by atoms with Crippen molar-refractivity contribution in [2.24, 2.45) is 5.41 Å². The van der Waals surface area contributed by atoms with Crippen molar-refractivity contribution in [2.45, 2.75) is 96.1 Å². The summed E-state index contributed by atoms with van der Waals surface area (Å²) >= 11 is 6.96. The summed E-state index contributed by atoms with van der Waals surface area (Å²) < 4.78 is 28.6. The molecule has 3 aromatic carbocycles. The third kappa shape index (κ3) is 14.1. The van der Waals surface area contributed by atoms with Gasteiger partial charge in [0.25, 0.3) is 5.91 Å². The highest BCUT2D eigenvalue weighted by Crippen LogP contribution is 2.30. The number of carbonyl (C=O) groups excluding carboxylic acids is 4. The van der Waals surface area contributed by atoms with Crippen LogP contribution < -0.4 is 26.6 Å². The van der Waals surface area contributed by atoms with Crippen LogP contribution in [0.25, 0.3) is 10.4 Å². The first-order valence-electron chi connectivity index (χ1n) is 24.1. The Bertz CT molecular complexity index is 2800. The van der Waals surface area contributed by atoms with Crippen molar-refractivity contribution >= 4 is 68.0 Å². The number of hydrogen-bond donors (Lipinski definition) is 6. The van der Waals surface area contributed by atoms with Crippen molar-refractivity contribution in [3.8, 4) is 10.4 Å². The predicted octanol–water partition coefficient (Wildman–Crippen LogP) is 5.39. The number of piperazine rings is 1. The van der Waals surface area contributed by atoms with E-state index in [4.69, 9.17) is 12.2 Å². The minimum Gasteiger partial charge on any atom is -0.391 e. The normalized spacial score (nSPS) is 17.4. The highest BCUT2D eigenvalue weighted by atomic mass is 32.2. The van der Waals surface area contributed by atoms with Crippen LogP contribution >= 0.6 is 23.6 Å². The fourth-order valence-corrected chi connectivity index (χ4v) is 11.1. The maximum absolute atomic E-state index is 14.2. The summed E-state index contributed by atoms with van der Waals surface area (Å²) in [4.78, 5) is 67.6. The molecule has 0 saturated carbocycles. The van der Waals surface area contributed by atoms with Crippen molar-refractivity contribution in [3.05, 3.63) is 131 Å². The lowest BCUT2D eigenvalue weighted by Gasteiger charge is -2.35. The van der Waals surface area contributed by atoms with Gasteiger partial charge >= 0.3 is 0 Å². The SMILES string of the molecule is Cc1ncsc1-c1ccc(C(C)NC(=O)[C@@H]2C[C@@H](O)CN2C(=O)C(NC(=O)CCCNC(=O)c2cccc(CN3CCN(S(=O)(=O)c4ccc(NC(=S)NCc5cccnc5)cc4)CC3)c2)C(C)(C)C)cc1. The molecule has 4 atom stereocenters. The van der Waals surface area contributed by atoms with Gasteiger partial charge < -0.3 is 36.6 Å². The minimum atomic E-state index is -3.72. The zero-order chi connectivity index (χ0) is 51.6. The number of nitrogens with zero attached hydrogens (tertiary/aromatic N) is 5. The van der Waals surface area contributed by atoms with E-state index in [0.717, 1.165) is 32.8 Å². The molecule has 6 N–H and O–H groups in total. The van der Waals surface area contributed by atoms with Gasteiger partial charge in [0.2, 0.25) is 27.7 Å². The van der Waals surface area contributed by atoms with E-state index >= 15 is 0 Å². The van der Waals surface area contributed by atoms with E-state index in [1.54, 1.807) is 54.1 Å². The number of aromatic nitrogens is 2. The first kappa shape index (κ1) is 53.6. The second-order valence-electron chi connectivity index (χ2n) is 19.3. The van der Waals surface area contributed by atoms with E-state index in [1.807, 2.05) is 94.7 Å². The number of aliphatic hydroxyl groups is 1. The molecule has 0 bridgehead atoms. The summed E-state index contributed by atoms with van der Waals surface area (Å²) in [6.07, 6.45) is 2.97. The van der Waals surface area contributed by atoms with Crippen molar-refractivity contribution in [2.75, 3.05) is 44.6 Å². The van der Waals surface area contributed by atoms with Crippen molar-refractivity contribution in [3.63, 3.8) is 0 Å². The van der Waals surface area contributed by atoms with Gasteiger partial charge in [-0.1, -0.05) is 63.2 Å². The Hall–Kier alpha value is -6.16. The smallest absolute Gasteiger partial charge is 0.251 e. The maximum atomic E-state index is 14.2. The number of carbonyl (C=O) groups is 4. The first-order chi connectivity index (χ1) is 34.3. The minimum absolute atomic E-state index is 0.0377. The van der Waals surface area contributed by atoms with Crippen molar-refractivity contribution in [1.82, 2.24) is 45.3 Å². The standard InChI is InChI=1S/C52H64N10O7S3/c1-34(38-13-15-39(16-14-38)46-35(2)56-33-71-46)57-49(66)44-28-42(63)32-62(44)50(67)47(52(3,4)5)59-45(64)12-8-22-54-48(65)40-11-6-9-36(27-40)31-60-23-25-61(26-24-60)72(68,69)43-19-17-41(18-20-43)58-51(70)55-30-37-10-7-21-53-29-37/h6-7,9-11,13-21,27,29,33-34,42,44,47,63H,8,12,22-26,28,30-32H2,1-5H3,(H,54,65)(H,57,66)(H,59,64)(H2,55,58,70)/t34?,42-,44+,47?/m1/s1. The molecular formula is C52H64N10O7S3. The molecule has 2 unspecified atom stereocenters. The molecule has 2 aliphatic heterocycles. The molecule has 2 saturated heterocycles. The predicted molar refractivity (Wildman–Crippen MR) is 282 cm³/mol. The van der Waals surface area contributed by atoms with Crippen LogP contribution in [0, 0.1) is 12.3 Å². The summed E-state index contributed by atoms with van der Waals surface area (Å²) in [7, 11) is -3.72. The number of thiocarbonyl (C=S) groups is 1.